The van der Waals surface area contributed by atoms with Crippen molar-refractivity contribution in [1.82, 2.24) is 4.98 Å². The molecule has 0 aliphatic carbocycles. The average Bonchev–Trinajstić information content (AvgIpc) is 2.81. The van der Waals surface area contributed by atoms with E-state index in [2.05, 4.69) is 24.0 Å². The Hall–Kier alpha value is -1.55. The monoisotopic (exact) mass is 232 g/mol. The molecule has 1 atom stereocenters. The van der Waals surface area contributed by atoms with E-state index in [-0.39, 0.29) is 6.10 Å². The largest absolute Gasteiger partial charge is 0.490 e. The van der Waals surface area contributed by atoms with E-state index in [0.717, 1.165) is 17.0 Å². The van der Waals surface area contributed by atoms with E-state index in [1.807, 2.05) is 12.3 Å². The zero-order chi connectivity index (χ0) is 11.1. The molecule has 1 aliphatic heterocycles. The van der Waals surface area contributed by atoms with Gasteiger partial charge in [0.05, 0.1) is 4.88 Å². The quantitative estimate of drug-likeness (QED) is 0.822. The van der Waals surface area contributed by atoms with Crippen LogP contribution >= 0.6 is 11.3 Å². The molecule has 2 aromatic rings. The predicted molar refractivity (Wildman–Crippen MR) is 65.8 cm³/mol. The lowest BCUT2D eigenvalue weighted by atomic mass is 10.1. The van der Waals surface area contributed by atoms with E-state index in [4.69, 9.17) is 10.5 Å². The molecule has 82 valence electrons. The summed E-state index contributed by atoms with van der Waals surface area (Å²) in [5, 5.41) is 0.611. The third-order valence-electron chi connectivity index (χ3n) is 2.70. The Labute approximate surface area is 97.9 Å². The van der Waals surface area contributed by atoms with Gasteiger partial charge in [-0.1, -0.05) is 11.3 Å². The van der Waals surface area contributed by atoms with Crippen LogP contribution in [0.25, 0.3) is 10.4 Å². The van der Waals surface area contributed by atoms with Crippen LogP contribution in [0.1, 0.15) is 12.5 Å². The number of nitrogens with zero attached hydrogens (tertiary/aromatic N) is 1. The molecule has 1 aliphatic rings. The smallest absolute Gasteiger partial charge is 0.180 e. The number of aromatic nitrogens is 1. The van der Waals surface area contributed by atoms with Gasteiger partial charge in [-0.3, -0.25) is 0 Å². The summed E-state index contributed by atoms with van der Waals surface area (Å²) >= 11 is 1.51. The predicted octanol–water partition coefficient (Wildman–Crippen LogP) is 2.72. The molecule has 4 heteroatoms. The summed E-state index contributed by atoms with van der Waals surface area (Å²) in [5.41, 5.74) is 8.08. The van der Waals surface area contributed by atoms with Crippen molar-refractivity contribution < 1.29 is 4.74 Å². The highest BCUT2D eigenvalue weighted by molar-refractivity contribution is 7.18. The van der Waals surface area contributed by atoms with Crippen LogP contribution in [0.2, 0.25) is 0 Å². The fourth-order valence-electron chi connectivity index (χ4n) is 2.00. The molecule has 16 heavy (non-hydrogen) atoms. The van der Waals surface area contributed by atoms with E-state index in [9.17, 15) is 0 Å². The molecule has 3 nitrogen and oxygen atoms in total. The van der Waals surface area contributed by atoms with Crippen molar-refractivity contribution in [1.29, 1.82) is 0 Å². The van der Waals surface area contributed by atoms with Crippen LogP contribution < -0.4 is 10.5 Å². The second-order valence-electron chi connectivity index (χ2n) is 4.02. The van der Waals surface area contributed by atoms with E-state index >= 15 is 0 Å². The summed E-state index contributed by atoms with van der Waals surface area (Å²) in [4.78, 5) is 5.18. The van der Waals surface area contributed by atoms with Gasteiger partial charge < -0.3 is 10.5 Å². The Kier molecular flexibility index (Phi) is 2.11. The van der Waals surface area contributed by atoms with Gasteiger partial charge in [-0.15, -0.1) is 0 Å². The van der Waals surface area contributed by atoms with E-state index < -0.39 is 0 Å². The normalized spacial score (nSPS) is 18.2. The second kappa shape index (κ2) is 3.49. The molecule has 0 saturated heterocycles. The minimum absolute atomic E-state index is 0.289. The fraction of sp³-hybridized carbons (Fsp3) is 0.250. The van der Waals surface area contributed by atoms with Gasteiger partial charge in [0.2, 0.25) is 0 Å². The van der Waals surface area contributed by atoms with Crippen molar-refractivity contribution in [3.63, 3.8) is 0 Å². The zero-order valence-electron chi connectivity index (χ0n) is 8.93. The highest BCUT2D eigenvalue weighted by atomic mass is 32.1. The van der Waals surface area contributed by atoms with E-state index in [1.165, 1.54) is 22.5 Å². The SMILES string of the molecule is CC1Cc2cc(-c3cnc(N)s3)ccc2O1. The lowest BCUT2D eigenvalue weighted by molar-refractivity contribution is 0.254. The molecular weight excluding hydrogens is 220 g/mol. The molecule has 0 amide bonds. The third-order valence-corrected chi connectivity index (χ3v) is 3.58. The van der Waals surface area contributed by atoms with Gasteiger partial charge in [0.25, 0.3) is 0 Å². The zero-order valence-corrected chi connectivity index (χ0v) is 9.75. The van der Waals surface area contributed by atoms with Gasteiger partial charge in [0, 0.05) is 12.6 Å². The second-order valence-corrected chi connectivity index (χ2v) is 5.08. The van der Waals surface area contributed by atoms with Crippen LogP contribution in [-0.4, -0.2) is 11.1 Å². The van der Waals surface area contributed by atoms with Crippen LogP contribution in [0.5, 0.6) is 5.75 Å². The first-order valence-corrected chi connectivity index (χ1v) is 6.05. The first-order chi connectivity index (χ1) is 7.72. The summed E-state index contributed by atoms with van der Waals surface area (Å²) in [5.74, 6) is 1.01. The lowest BCUT2D eigenvalue weighted by Gasteiger charge is -2.02. The first kappa shape index (κ1) is 9.66. The van der Waals surface area contributed by atoms with Crippen LogP contribution in [-0.2, 0) is 6.42 Å². The number of hydrogen-bond acceptors (Lipinski definition) is 4. The fourth-order valence-corrected chi connectivity index (χ4v) is 2.68. The van der Waals surface area contributed by atoms with Crippen molar-refractivity contribution in [2.75, 3.05) is 5.73 Å². The number of rotatable bonds is 1. The highest BCUT2D eigenvalue weighted by Gasteiger charge is 2.19. The molecule has 1 aromatic carbocycles. The Morgan fingerprint density at radius 1 is 1.50 bits per heavy atom. The summed E-state index contributed by atoms with van der Waals surface area (Å²) in [6.07, 6.45) is 3.09. The third kappa shape index (κ3) is 1.55. The maximum Gasteiger partial charge on any atom is 0.180 e. The number of fused-ring (bicyclic) bond motifs is 1. The van der Waals surface area contributed by atoms with Crippen LogP contribution in [0, 0.1) is 0 Å². The number of benzene rings is 1. The molecule has 1 aromatic heterocycles. The standard InChI is InChI=1S/C12H12N2OS/c1-7-4-9-5-8(2-3-10(9)15-7)11-6-14-12(13)16-11/h2-3,5-7H,4H2,1H3,(H2,13,14). The van der Waals surface area contributed by atoms with Crippen molar-refractivity contribution >= 4 is 16.5 Å². The Bertz CT molecular complexity index is 536. The Morgan fingerprint density at radius 3 is 3.12 bits per heavy atom. The minimum atomic E-state index is 0.289. The van der Waals surface area contributed by atoms with Gasteiger partial charge in [-0.25, -0.2) is 4.98 Å². The molecule has 0 saturated carbocycles. The Morgan fingerprint density at radius 2 is 2.38 bits per heavy atom. The summed E-state index contributed by atoms with van der Waals surface area (Å²) in [7, 11) is 0. The molecular formula is C12H12N2OS. The van der Waals surface area contributed by atoms with Gasteiger partial charge in [-0.05, 0) is 36.2 Å². The minimum Gasteiger partial charge on any atom is -0.490 e. The molecule has 0 radical (unpaired) electrons. The van der Waals surface area contributed by atoms with Crippen LogP contribution in [0.15, 0.2) is 24.4 Å². The number of nitrogen functional groups attached to an aromatic ring is 1. The summed E-state index contributed by atoms with van der Waals surface area (Å²) in [6.45, 7) is 2.09. The molecule has 3 rings (SSSR count). The van der Waals surface area contributed by atoms with Gasteiger partial charge in [0.1, 0.15) is 11.9 Å². The maximum atomic E-state index is 5.67. The molecule has 0 bridgehead atoms. The number of ether oxygens (including phenoxy) is 1. The average molecular weight is 232 g/mol. The van der Waals surface area contributed by atoms with Crippen LogP contribution in [0.3, 0.4) is 0 Å². The number of hydrogen-bond donors (Lipinski definition) is 1. The van der Waals surface area contributed by atoms with Crippen LogP contribution in [0.4, 0.5) is 5.13 Å². The van der Waals surface area contributed by atoms with Gasteiger partial charge >= 0.3 is 0 Å². The van der Waals surface area contributed by atoms with Crippen molar-refractivity contribution in [2.24, 2.45) is 0 Å². The number of anilines is 1. The molecule has 0 spiro atoms. The summed E-state index contributed by atoms with van der Waals surface area (Å²) < 4.78 is 5.67. The van der Waals surface area contributed by atoms with Crippen molar-refractivity contribution in [3.8, 4) is 16.2 Å². The van der Waals surface area contributed by atoms with Gasteiger partial charge in [-0.2, -0.15) is 0 Å². The first-order valence-electron chi connectivity index (χ1n) is 5.23. The van der Waals surface area contributed by atoms with Gasteiger partial charge in [0.15, 0.2) is 5.13 Å². The molecule has 2 N–H and O–H groups in total. The molecule has 2 heterocycles. The molecule has 0 fully saturated rings. The highest BCUT2D eigenvalue weighted by Crippen LogP contribution is 2.34. The lowest BCUT2D eigenvalue weighted by Crippen LogP contribution is -2.05. The molecule has 1 unspecified atom stereocenters. The van der Waals surface area contributed by atoms with E-state index in [0.29, 0.717) is 5.13 Å². The van der Waals surface area contributed by atoms with Crippen molar-refractivity contribution in [2.45, 2.75) is 19.4 Å². The van der Waals surface area contributed by atoms with E-state index in [1.54, 1.807) is 0 Å². The number of nitrogens with two attached hydrogens (primary N) is 1. The topological polar surface area (TPSA) is 48.1 Å². The number of thiazole rings is 1. The summed E-state index contributed by atoms with van der Waals surface area (Å²) in [6, 6.07) is 6.26. The Balaban J connectivity index is 2.02. The van der Waals surface area contributed by atoms with Crippen molar-refractivity contribution in [3.05, 3.63) is 30.0 Å². The maximum absolute atomic E-state index is 5.67.